The van der Waals surface area contributed by atoms with E-state index in [-0.39, 0.29) is 0 Å². The summed E-state index contributed by atoms with van der Waals surface area (Å²) in [6.07, 6.45) is 0.389. The van der Waals surface area contributed by atoms with Gasteiger partial charge >= 0.3 is 5.97 Å². The third-order valence-corrected chi connectivity index (χ3v) is 4.55. The predicted octanol–water partition coefficient (Wildman–Crippen LogP) is 4.85. The van der Waals surface area contributed by atoms with E-state index in [2.05, 4.69) is 13.8 Å². The van der Waals surface area contributed by atoms with Gasteiger partial charge in [0.15, 0.2) is 0 Å². The first kappa shape index (κ1) is 16.8. The monoisotopic (exact) mass is 338 g/mol. The minimum Gasteiger partial charge on any atom is -0.493 e. The second-order valence-electron chi connectivity index (χ2n) is 5.55. The Hall–Kier alpha value is -1.52. The summed E-state index contributed by atoms with van der Waals surface area (Å²) in [4.78, 5) is 12.4. The maximum atomic E-state index is 11.6. The standard InChI is InChI=1S/C17H19ClO3S/c1-11(2)10-21-14-6-4-3-5-12(14)9-13(17(19)20)15-7-8-16(18)22-15/h3-8,11,13H,9-10H2,1-2H3,(H,19,20). The highest BCUT2D eigenvalue weighted by Crippen LogP contribution is 2.33. The quantitative estimate of drug-likeness (QED) is 0.785. The van der Waals surface area contributed by atoms with Crippen LogP contribution in [0.3, 0.4) is 0 Å². The lowest BCUT2D eigenvalue weighted by molar-refractivity contribution is -0.138. The summed E-state index contributed by atoms with van der Waals surface area (Å²) >= 11 is 7.24. The SMILES string of the molecule is CC(C)COc1ccccc1CC(C(=O)O)c1ccc(Cl)s1. The highest BCUT2D eigenvalue weighted by atomic mass is 35.5. The zero-order valence-corrected chi connectivity index (χ0v) is 14.2. The van der Waals surface area contributed by atoms with Crippen LogP contribution in [-0.4, -0.2) is 17.7 Å². The van der Waals surface area contributed by atoms with Crippen molar-refractivity contribution >= 4 is 28.9 Å². The topological polar surface area (TPSA) is 46.5 Å². The fraction of sp³-hybridized carbons (Fsp3) is 0.353. The number of halogens is 1. The predicted molar refractivity (Wildman–Crippen MR) is 90.2 cm³/mol. The van der Waals surface area contributed by atoms with Gasteiger partial charge in [0.1, 0.15) is 5.75 Å². The van der Waals surface area contributed by atoms with Gasteiger partial charge in [0.2, 0.25) is 0 Å². The van der Waals surface area contributed by atoms with Gasteiger partial charge < -0.3 is 9.84 Å². The average molecular weight is 339 g/mol. The number of aliphatic carboxylic acids is 1. The first-order chi connectivity index (χ1) is 10.5. The van der Waals surface area contributed by atoms with Gasteiger partial charge in [-0.3, -0.25) is 4.79 Å². The Balaban J connectivity index is 2.21. The van der Waals surface area contributed by atoms with E-state index in [1.807, 2.05) is 24.3 Å². The van der Waals surface area contributed by atoms with Crippen LogP contribution in [0.15, 0.2) is 36.4 Å². The van der Waals surface area contributed by atoms with Crippen molar-refractivity contribution in [2.75, 3.05) is 6.61 Å². The molecule has 0 aliphatic heterocycles. The Bertz CT molecular complexity index is 636. The van der Waals surface area contributed by atoms with Crippen molar-refractivity contribution in [2.45, 2.75) is 26.2 Å². The van der Waals surface area contributed by atoms with E-state index in [1.54, 1.807) is 12.1 Å². The van der Waals surface area contributed by atoms with Crippen molar-refractivity contribution in [1.29, 1.82) is 0 Å². The summed E-state index contributed by atoms with van der Waals surface area (Å²) in [7, 11) is 0. The molecule has 0 fully saturated rings. The van der Waals surface area contributed by atoms with Gasteiger partial charge in [0, 0.05) is 4.88 Å². The molecule has 2 rings (SSSR count). The molecule has 1 unspecified atom stereocenters. The molecule has 118 valence electrons. The van der Waals surface area contributed by atoms with Crippen LogP contribution in [0.4, 0.5) is 0 Å². The lowest BCUT2D eigenvalue weighted by Gasteiger charge is -2.16. The number of ether oxygens (including phenoxy) is 1. The average Bonchev–Trinajstić information content (AvgIpc) is 2.89. The molecule has 1 N–H and O–H groups in total. The van der Waals surface area contributed by atoms with Crippen LogP contribution in [0.2, 0.25) is 4.34 Å². The zero-order valence-electron chi connectivity index (χ0n) is 12.6. The number of hydrogen-bond acceptors (Lipinski definition) is 3. The fourth-order valence-electron chi connectivity index (χ4n) is 2.11. The molecule has 0 aliphatic rings. The van der Waals surface area contributed by atoms with E-state index in [0.29, 0.717) is 23.3 Å². The van der Waals surface area contributed by atoms with Crippen molar-refractivity contribution in [3.8, 4) is 5.75 Å². The summed E-state index contributed by atoms with van der Waals surface area (Å²) in [6, 6.07) is 11.1. The minimum absolute atomic E-state index is 0.389. The molecule has 0 spiro atoms. The number of para-hydroxylation sites is 1. The molecular weight excluding hydrogens is 320 g/mol. The Labute approximate surface area is 139 Å². The van der Waals surface area contributed by atoms with Gasteiger partial charge in [-0.05, 0) is 36.1 Å². The number of benzene rings is 1. The molecule has 0 saturated heterocycles. The minimum atomic E-state index is -0.850. The fourth-order valence-corrected chi connectivity index (χ4v) is 3.27. The van der Waals surface area contributed by atoms with Gasteiger partial charge in [0.05, 0.1) is 16.9 Å². The summed E-state index contributed by atoms with van der Waals surface area (Å²) < 4.78 is 6.41. The molecule has 0 saturated carbocycles. The molecular formula is C17H19ClO3S. The molecule has 2 aromatic rings. The Morgan fingerprint density at radius 3 is 2.59 bits per heavy atom. The molecule has 1 aromatic heterocycles. The van der Waals surface area contributed by atoms with Crippen molar-refractivity contribution in [1.82, 2.24) is 0 Å². The second kappa shape index (κ2) is 7.65. The smallest absolute Gasteiger partial charge is 0.312 e. The van der Waals surface area contributed by atoms with Crippen LogP contribution in [0.5, 0.6) is 5.75 Å². The third kappa shape index (κ3) is 4.49. The van der Waals surface area contributed by atoms with Crippen LogP contribution in [0.25, 0.3) is 0 Å². The van der Waals surface area contributed by atoms with E-state index in [1.165, 1.54) is 11.3 Å². The van der Waals surface area contributed by atoms with Gasteiger partial charge in [0.25, 0.3) is 0 Å². The molecule has 1 heterocycles. The molecule has 3 nitrogen and oxygen atoms in total. The van der Waals surface area contributed by atoms with Gasteiger partial charge in [-0.25, -0.2) is 0 Å². The van der Waals surface area contributed by atoms with Gasteiger partial charge in [-0.2, -0.15) is 0 Å². The number of carboxylic acid groups (broad SMARTS) is 1. The molecule has 5 heteroatoms. The molecule has 0 bridgehead atoms. The Morgan fingerprint density at radius 1 is 1.27 bits per heavy atom. The summed E-state index contributed by atoms with van der Waals surface area (Å²) in [5.41, 5.74) is 0.903. The molecule has 0 radical (unpaired) electrons. The van der Waals surface area contributed by atoms with Crippen LogP contribution in [0.1, 0.15) is 30.2 Å². The van der Waals surface area contributed by atoms with Crippen LogP contribution in [-0.2, 0) is 11.2 Å². The normalized spacial score (nSPS) is 12.4. The highest BCUT2D eigenvalue weighted by Gasteiger charge is 2.23. The molecule has 1 aromatic carbocycles. The van der Waals surface area contributed by atoms with Crippen LogP contribution >= 0.6 is 22.9 Å². The maximum Gasteiger partial charge on any atom is 0.312 e. The van der Waals surface area contributed by atoms with Gasteiger partial charge in [-0.1, -0.05) is 43.6 Å². The van der Waals surface area contributed by atoms with Crippen molar-refractivity contribution in [2.24, 2.45) is 5.92 Å². The van der Waals surface area contributed by atoms with E-state index >= 15 is 0 Å². The van der Waals surface area contributed by atoms with Crippen LogP contribution in [0, 0.1) is 5.92 Å². The van der Waals surface area contributed by atoms with E-state index in [4.69, 9.17) is 16.3 Å². The van der Waals surface area contributed by atoms with E-state index in [0.717, 1.165) is 16.2 Å². The number of carboxylic acids is 1. The van der Waals surface area contributed by atoms with Crippen molar-refractivity contribution in [3.63, 3.8) is 0 Å². The zero-order chi connectivity index (χ0) is 16.1. The molecule has 0 amide bonds. The largest absolute Gasteiger partial charge is 0.493 e. The van der Waals surface area contributed by atoms with E-state index < -0.39 is 11.9 Å². The first-order valence-corrected chi connectivity index (χ1v) is 8.35. The Kier molecular flexibility index (Phi) is 5.86. The number of thiophene rings is 1. The van der Waals surface area contributed by atoms with Gasteiger partial charge in [-0.15, -0.1) is 11.3 Å². The lowest BCUT2D eigenvalue weighted by Crippen LogP contribution is -2.14. The highest BCUT2D eigenvalue weighted by molar-refractivity contribution is 7.16. The second-order valence-corrected chi connectivity index (χ2v) is 7.30. The summed E-state index contributed by atoms with van der Waals surface area (Å²) in [5, 5.41) is 9.53. The number of rotatable bonds is 7. The lowest BCUT2D eigenvalue weighted by atomic mass is 9.97. The summed E-state index contributed by atoms with van der Waals surface area (Å²) in [5.74, 6) is -0.289. The number of hydrogen-bond donors (Lipinski definition) is 1. The number of carbonyl (C=O) groups is 1. The third-order valence-electron chi connectivity index (χ3n) is 3.20. The maximum absolute atomic E-state index is 11.6. The molecule has 0 aliphatic carbocycles. The Morgan fingerprint density at radius 2 is 2.00 bits per heavy atom. The molecule has 22 heavy (non-hydrogen) atoms. The van der Waals surface area contributed by atoms with Crippen molar-refractivity contribution < 1.29 is 14.6 Å². The van der Waals surface area contributed by atoms with Crippen molar-refractivity contribution in [3.05, 3.63) is 51.2 Å². The first-order valence-electron chi connectivity index (χ1n) is 7.16. The van der Waals surface area contributed by atoms with E-state index in [9.17, 15) is 9.90 Å². The summed E-state index contributed by atoms with van der Waals surface area (Å²) in [6.45, 7) is 4.77. The van der Waals surface area contributed by atoms with Crippen LogP contribution < -0.4 is 4.74 Å². The molecule has 1 atom stereocenters.